The number of hydrogen-bond donors (Lipinski definition) is 1. The summed E-state index contributed by atoms with van der Waals surface area (Å²) >= 11 is 6.00. The highest BCUT2D eigenvalue weighted by Crippen LogP contribution is 2.23. The van der Waals surface area contributed by atoms with Crippen molar-refractivity contribution in [2.45, 2.75) is 6.42 Å². The molecule has 0 aliphatic rings. The van der Waals surface area contributed by atoms with E-state index >= 15 is 0 Å². The number of amides is 1. The first-order valence-corrected chi connectivity index (χ1v) is 7.63. The van der Waals surface area contributed by atoms with Crippen LogP contribution in [-0.4, -0.2) is 27.8 Å². The quantitative estimate of drug-likeness (QED) is 0.773. The largest absolute Gasteiger partial charge is 0.496 e. The minimum atomic E-state index is -0.201. The second-order valence-electron chi connectivity index (χ2n) is 5.00. The Morgan fingerprint density at radius 2 is 2.12 bits per heavy atom. The zero-order valence-corrected chi connectivity index (χ0v) is 13.7. The zero-order chi connectivity index (χ0) is 16.9. The van der Waals surface area contributed by atoms with E-state index in [0.717, 1.165) is 0 Å². The van der Waals surface area contributed by atoms with Gasteiger partial charge in [0.1, 0.15) is 11.6 Å². The maximum absolute atomic E-state index is 12.4. The van der Waals surface area contributed by atoms with Gasteiger partial charge in [0.2, 0.25) is 5.91 Å². The molecule has 122 valence electrons. The molecule has 0 radical (unpaired) electrons. The normalized spacial score (nSPS) is 10.4. The Hall–Kier alpha value is -2.86. The Labute approximate surface area is 144 Å². The van der Waals surface area contributed by atoms with Gasteiger partial charge in [0, 0.05) is 22.8 Å². The van der Waals surface area contributed by atoms with Gasteiger partial charge in [-0.2, -0.15) is 9.78 Å². The number of pyridine rings is 1. The fourth-order valence-corrected chi connectivity index (χ4v) is 2.50. The average molecular weight is 343 g/mol. The van der Waals surface area contributed by atoms with Crippen LogP contribution < -0.4 is 10.1 Å². The SMILES string of the molecule is COc1ccc(Cl)cc1CC(=O)Nc1ccnn1-c1ccccn1. The number of carbonyl (C=O) groups excluding carboxylic acids is 1. The molecule has 0 bridgehead atoms. The summed E-state index contributed by atoms with van der Waals surface area (Å²) in [5, 5.41) is 7.57. The van der Waals surface area contributed by atoms with Gasteiger partial charge in [0.25, 0.3) is 0 Å². The third-order valence-corrected chi connectivity index (χ3v) is 3.61. The molecular formula is C17H15ClN4O2. The minimum Gasteiger partial charge on any atom is -0.496 e. The van der Waals surface area contributed by atoms with Crippen molar-refractivity contribution in [1.82, 2.24) is 14.8 Å². The number of benzene rings is 1. The van der Waals surface area contributed by atoms with Gasteiger partial charge in [0.15, 0.2) is 5.82 Å². The molecule has 0 saturated heterocycles. The molecule has 3 aromatic rings. The average Bonchev–Trinajstić information content (AvgIpc) is 3.04. The fraction of sp³-hybridized carbons (Fsp3) is 0.118. The highest BCUT2D eigenvalue weighted by Gasteiger charge is 2.13. The van der Waals surface area contributed by atoms with Crippen molar-refractivity contribution in [1.29, 1.82) is 0 Å². The number of nitrogens with zero attached hydrogens (tertiary/aromatic N) is 3. The molecule has 1 N–H and O–H groups in total. The van der Waals surface area contributed by atoms with E-state index in [1.165, 1.54) is 0 Å². The molecule has 1 aromatic carbocycles. The Bertz CT molecular complexity index is 849. The number of carbonyl (C=O) groups is 1. The predicted molar refractivity (Wildman–Crippen MR) is 91.7 cm³/mol. The number of methoxy groups -OCH3 is 1. The van der Waals surface area contributed by atoms with Gasteiger partial charge in [0.05, 0.1) is 19.7 Å². The van der Waals surface area contributed by atoms with E-state index in [1.807, 2.05) is 18.2 Å². The Balaban J connectivity index is 1.77. The highest BCUT2D eigenvalue weighted by atomic mass is 35.5. The molecular weight excluding hydrogens is 328 g/mol. The van der Waals surface area contributed by atoms with Gasteiger partial charge in [-0.15, -0.1) is 0 Å². The Kier molecular flexibility index (Phi) is 4.77. The van der Waals surface area contributed by atoms with Gasteiger partial charge in [-0.25, -0.2) is 4.98 Å². The van der Waals surface area contributed by atoms with Gasteiger partial charge >= 0.3 is 0 Å². The van der Waals surface area contributed by atoms with E-state index < -0.39 is 0 Å². The molecule has 0 spiro atoms. The van der Waals surface area contributed by atoms with Gasteiger partial charge in [-0.1, -0.05) is 17.7 Å². The topological polar surface area (TPSA) is 69.0 Å². The van der Waals surface area contributed by atoms with Crippen molar-refractivity contribution in [2.75, 3.05) is 12.4 Å². The molecule has 0 saturated carbocycles. The lowest BCUT2D eigenvalue weighted by atomic mass is 10.1. The number of rotatable bonds is 5. The molecule has 0 fully saturated rings. The molecule has 2 aromatic heterocycles. The van der Waals surface area contributed by atoms with Crippen LogP contribution in [0.3, 0.4) is 0 Å². The first-order valence-electron chi connectivity index (χ1n) is 7.25. The van der Waals surface area contributed by atoms with Crippen molar-refractivity contribution in [3.05, 3.63) is 65.4 Å². The summed E-state index contributed by atoms with van der Waals surface area (Å²) in [6.07, 6.45) is 3.40. The molecule has 0 aliphatic carbocycles. The van der Waals surface area contributed by atoms with Crippen LogP contribution in [0, 0.1) is 0 Å². The van der Waals surface area contributed by atoms with Crippen LogP contribution in [-0.2, 0) is 11.2 Å². The van der Waals surface area contributed by atoms with Crippen molar-refractivity contribution < 1.29 is 9.53 Å². The molecule has 0 atom stereocenters. The lowest BCUT2D eigenvalue weighted by Gasteiger charge is -2.10. The van der Waals surface area contributed by atoms with Crippen LogP contribution in [0.15, 0.2) is 54.9 Å². The third-order valence-electron chi connectivity index (χ3n) is 3.37. The third kappa shape index (κ3) is 3.55. The smallest absolute Gasteiger partial charge is 0.230 e. The van der Waals surface area contributed by atoms with E-state index in [1.54, 1.807) is 48.5 Å². The van der Waals surface area contributed by atoms with Crippen LogP contribution in [0.4, 0.5) is 5.82 Å². The summed E-state index contributed by atoms with van der Waals surface area (Å²) in [6.45, 7) is 0. The molecule has 24 heavy (non-hydrogen) atoms. The predicted octanol–water partition coefficient (Wildman–Crippen LogP) is 3.11. The molecule has 3 rings (SSSR count). The Morgan fingerprint density at radius 3 is 2.88 bits per heavy atom. The van der Waals surface area contributed by atoms with Gasteiger partial charge in [-0.3, -0.25) is 4.79 Å². The van der Waals surface area contributed by atoms with Crippen molar-refractivity contribution >= 4 is 23.3 Å². The summed E-state index contributed by atoms with van der Waals surface area (Å²) in [4.78, 5) is 16.6. The summed E-state index contributed by atoms with van der Waals surface area (Å²) in [5.41, 5.74) is 0.714. The van der Waals surface area contributed by atoms with E-state index in [2.05, 4.69) is 15.4 Å². The minimum absolute atomic E-state index is 0.136. The number of ether oxygens (including phenoxy) is 1. The summed E-state index contributed by atoms with van der Waals surface area (Å²) in [5.74, 6) is 1.58. The number of halogens is 1. The van der Waals surface area contributed by atoms with Crippen molar-refractivity contribution in [2.24, 2.45) is 0 Å². The molecule has 2 heterocycles. The zero-order valence-electron chi connectivity index (χ0n) is 12.9. The lowest BCUT2D eigenvalue weighted by molar-refractivity contribution is -0.115. The summed E-state index contributed by atoms with van der Waals surface area (Å²) in [7, 11) is 1.56. The van der Waals surface area contributed by atoms with E-state index in [9.17, 15) is 4.79 Å². The van der Waals surface area contributed by atoms with Crippen LogP contribution in [0.25, 0.3) is 5.82 Å². The Morgan fingerprint density at radius 1 is 1.25 bits per heavy atom. The van der Waals surface area contributed by atoms with E-state index in [0.29, 0.717) is 28.0 Å². The highest BCUT2D eigenvalue weighted by molar-refractivity contribution is 6.30. The van der Waals surface area contributed by atoms with Crippen LogP contribution in [0.5, 0.6) is 5.75 Å². The maximum atomic E-state index is 12.4. The number of anilines is 1. The molecule has 1 amide bonds. The van der Waals surface area contributed by atoms with Crippen LogP contribution in [0.1, 0.15) is 5.56 Å². The first kappa shape index (κ1) is 16.0. The first-order chi connectivity index (χ1) is 11.7. The second kappa shape index (κ2) is 7.14. The number of aromatic nitrogens is 3. The van der Waals surface area contributed by atoms with E-state index in [4.69, 9.17) is 16.3 Å². The van der Waals surface area contributed by atoms with Crippen LogP contribution >= 0.6 is 11.6 Å². The molecule has 6 nitrogen and oxygen atoms in total. The fourth-order valence-electron chi connectivity index (χ4n) is 2.30. The molecule has 0 unspecified atom stereocenters. The summed E-state index contributed by atoms with van der Waals surface area (Å²) < 4.78 is 6.83. The van der Waals surface area contributed by atoms with Crippen LogP contribution in [0.2, 0.25) is 5.02 Å². The molecule has 0 aliphatic heterocycles. The summed E-state index contributed by atoms with van der Waals surface area (Å²) in [6, 6.07) is 12.4. The van der Waals surface area contributed by atoms with Crippen molar-refractivity contribution in [3.8, 4) is 11.6 Å². The lowest BCUT2D eigenvalue weighted by Crippen LogP contribution is -2.17. The monoisotopic (exact) mass is 342 g/mol. The number of nitrogens with one attached hydrogen (secondary N) is 1. The van der Waals surface area contributed by atoms with Crippen molar-refractivity contribution in [3.63, 3.8) is 0 Å². The standard InChI is InChI=1S/C17H15ClN4O2/c1-24-14-6-5-13(18)10-12(14)11-17(23)21-16-7-9-20-22(16)15-4-2-3-8-19-15/h2-10H,11H2,1H3,(H,21,23). The second-order valence-corrected chi connectivity index (χ2v) is 5.43. The van der Waals surface area contributed by atoms with Gasteiger partial charge in [-0.05, 0) is 30.3 Å². The maximum Gasteiger partial charge on any atom is 0.230 e. The van der Waals surface area contributed by atoms with Gasteiger partial charge < -0.3 is 10.1 Å². The number of hydrogen-bond acceptors (Lipinski definition) is 4. The molecule has 7 heteroatoms. The van der Waals surface area contributed by atoms with E-state index in [-0.39, 0.29) is 12.3 Å².